The minimum absolute atomic E-state index is 0.179. The summed E-state index contributed by atoms with van der Waals surface area (Å²) in [5, 5.41) is 15.2. The van der Waals surface area contributed by atoms with Gasteiger partial charge in [-0.25, -0.2) is 0 Å². The van der Waals surface area contributed by atoms with Crippen LogP contribution in [0.4, 0.5) is 5.69 Å². The van der Waals surface area contributed by atoms with Gasteiger partial charge in [0, 0.05) is 11.6 Å². The van der Waals surface area contributed by atoms with Crippen molar-refractivity contribution >= 4 is 27.2 Å². The first-order chi connectivity index (χ1) is 8.68. The van der Waals surface area contributed by atoms with Crippen molar-refractivity contribution in [2.75, 3.05) is 0 Å². The maximum atomic E-state index is 10.9. The molecule has 3 heteroatoms. The molecule has 0 N–H and O–H groups in total. The van der Waals surface area contributed by atoms with Crippen LogP contribution in [0.15, 0.2) is 48.5 Å². The van der Waals surface area contributed by atoms with E-state index in [0.717, 1.165) is 27.1 Å². The summed E-state index contributed by atoms with van der Waals surface area (Å²) in [7, 11) is 0. The number of nitro groups is 1. The quantitative estimate of drug-likeness (QED) is 0.361. The summed E-state index contributed by atoms with van der Waals surface area (Å²) < 4.78 is 0. The van der Waals surface area contributed by atoms with Gasteiger partial charge in [-0.3, -0.25) is 10.1 Å². The van der Waals surface area contributed by atoms with E-state index in [9.17, 15) is 10.1 Å². The normalized spacial score (nSPS) is 10.9. The van der Waals surface area contributed by atoms with Crippen molar-refractivity contribution in [2.24, 2.45) is 0 Å². The van der Waals surface area contributed by atoms with E-state index in [1.807, 2.05) is 42.5 Å². The van der Waals surface area contributed by atoms with Gasteiger partial charge in [-0.2, -0.15) is 0 Å². The lowest BCUT2D eigenvalue weighted by Crippen LogP contribution is -1.92. The Hall–Kier alpha value is -2.42. The fourth-order valence-electron chi connectivity index (χ4n) is 2.43. The van der Waals surface area contributed by atoms with Gasteiger partial charge >= 0.3 is 0 Å². The third-order valence-electron chi connectivity index (χ3n) is 3.36. The highest BCUT2D eigenvalue weighted by atomic mass is 16.6. The Kier molecular flexibility index (Phi) is 2.27. The average molecular weight is 237 g/mol. The van der Waals surface area contributed by atoms with Crippen LogP contribution in [0.25, 0.3) is 21.5 Å². The highest BCUT2D eigenvalue weighted by Crippen LogP contribution is 2.31. The molecule has 0 unspecified atom stereocenters. The summed E-state index contributed by atoms with van der Waals surface area (Å²) in [5.74, 6) is 0. The molecule has 0 atom stereocenters. The summed E-state index contributed by atoms with van der Waals surface area (Å²) in [6, 6.07) is 15.5. The molecule has 0 spiro atoms. The predicted molar refractivity (Wildman–Crippen MR) is 72.8 cm³/mol. The minimum atomic E-state index is -0.329. The molecular formula is C15H11NO2. The van der Waals surface area contributed by atoms with Crippen molar-refractivity contribution < 1.29 is 4.92 Å². The van der Waals surface area contributed by atoms with E-state index in [-0.39, 0.29) is 10.6 Å². The Balaban J connectivity index is 2.48. The molecule has 0 aliphatic rings. The van der Waals surface area contributed by atoms with Crippen LogP contribution in [0, 0.1) is 17.0 Å². The summed E-state index contributed by atoms with van der Waals surface area (Å²) in [4.78, 5) is 10.6. The zero-order valence-corrected chi connectivity index (χ0v) is 9.88. The van der Waals surface area contributed by atoms with E-state index in [1.165, 1.54) is 0 Å². The molecule has 0 aromatic heterocycles. The number of nitrogens with zero attached hydrogens (tertiary/aromatic N) is 1. The van der Waals surface area contributed by atoms with Crippen molar-refractivity contribution in [3.63, 3.8) is 0 Å². The molecule has 0 bridgehead atoms. The lowest BCUT2D eigenvalue weighted by Gasteiger charge is -2.06. The number of aryl methyl sites for hydroxylation is 1. The van der Waals surface area contributed by atoms with E-state index in [0.29, 0.717) is 0 Å². The van der Waals surface area contributed by atoms with Crippen LogP contribution >= 0.6 is 0 Å². The van der Waals surface area contributed by atoms with Crippen LogP contribution in [0.5, 0.6) is 0 Å². The van der Waals surface area contributed by atoms with Crippen molar-refractivity contribution in [2.45, 2.75) is 6.92 Å². The van der Waals surface area contributed by atoms with Gasteiger partial charge in [0.1, 0.15) is 0 Å². The topological polar surface area (TPSA) is 43.1 Å². The zero-order valence-electron chi connectivity index (χ0n) is 9.88. The Morgan fingerprint density at radius 3 is 2.39 bits per heavy atom. The molecule has 0 heterocycles. The standard InChI is InChI=1S/C15H11NO2/c1-10-12-7-6-11-4-2-3-5-13(11)14(12)8-9-15(10)16(17)18/h2-9H,1H3. The van der Waals surface area contributed by atoms with E-state index >= 15 is 0 Å². The van der Waals surface area contributed by atoms with E-state index < -0.39 is 0 Å². The fraction of sp³-hybridized carbons (Fsp3) is 0.0667. The van der Waals surface area contributed by atoms with Gasteiger partial charge in [0.15, 0.2) is 0 Å². The third-order valence-corrected chi connectivity index (χ3v) is 3.36. The van der Waals surface area contributed by atoms with E-state index in [2.05, 4.69) is 0 Å². The van der Waals surface area contributed by atoms with Gasteiger partial charge in [-0.1, -0.05) is 36.4 Å². The molecule has 3 aromatic carbocycles. The molecule has 0 amide bonds. The van der Waals surface area contributed by atoms with Crippen LogP contribution in [0.3, 0.4) is 0 Å². The number of hydrogen-bond donors (Lipinski definition) is 0. The van der Waals surface area contributed by atoms with Crippen LogP contribution in [-0.4, -0.2) is 4.92 Å². The highest BCUT2D eigenvalue weighted by molar-refractivity contribution is 6.09. The highest BCUT2D eigenvalue weighted by Gasteiger charge is 2.13. The predicted octanol–water partition coefficient (Wildman–Crippen LogP) is 4.21. The first kappa shape index (κ1) is 10.7. The SMILES string of the molecule is Cc1c([N+](=O)[O-])ccc2c1ccc1ccccc12. The van der Waals surface area contributed by atoms with Crippen molar-refractivity contribution in [3.05, 3.63) is 64.2 Å². The van der Waals surface area contributed by atoms with Crippen molar-refractivity contribution in [1.82, 2.24) is 0 Å². The number of hydrogen-bond acceptors (Lipinski definition) is 2. The smallest absolute Gasteiger partial charge is 0.258 e. The molecule has 3 rings (SSSR count). The molecule has 0 aliphatic carbocycles. The molecule has 3 aromatic rings. The second-order valence-corrected chi connectivity index (χ2v) is 4.35. The fourth-order valence-corrected chi connectivity index (χ4v) is 2.43. The number of rotatable bonds is 1. The van der Waals surface area contributed by atoms with Gasteiger partial charge in [0.05, 0.1) is 4.92 Å². The molecule has 18 heavy (non-hydrogen) atoms. The van der Waals surface area contributed by atoms with E-state index in [1.54, 1.807) is 13.0 Å². The van der Waals surface area contributed by atoms with Gasteiger partial charge in [-0.15, -0.1) is 0 Å². The summed E-state index contributed by atoms with van der Waals surface area (Å²) >= 11 is 0. The maximum Gasteiger partial charge on any atom is 0.272 e. The molecular weight excluding hydrogens is 226 g/mol. The van der Waals surface area contributed by atoms with Gasteiger partial charge < -0.3 is 0 Å². The number of fused-ring (bicyclic) bond motifs is 3. The number of benzene rings is 3. The maximum absolute atomic E-state index is 10.9. The minimum Gasteiger partial charge on any atom is -0.258 e. The second kappa shape index (κ2) is 3.81. The van der Waals surface area contributed by atoms with Crippen LogP contribution in [0.1, 0.15) is 5.56 Å². The van der Waals surface area contributed by atoms with Gasteiger partial charge in [0.2, 0.25) is 0 Å². The molecule has 0 radical (unpaired) electrons. The number of nitro benzene ring substituents is 1. The van der Waals surface area contributed by atoms with Gasteiger partial charge in [-0.05, 0) is 34.5 Å². The summed E-state index contributed by atoms with van der Waals surface area (Å²) in [6.45, 7) is 1.80. The summed E-state index contributed by atoms with van der Waals surface area (Å²) in [5.41, 5.74) is 0.904. The molecule has 88 valence electrons. The Bertz CT molecular complexity index is 778. The Morgan fingerprint density at radius 1 is 0.889 bits per heavy atom. The largest absolute Gasteiger partial charge is 0.272 e. The molecule has 0 fully saturated rings. The Labute approximate surface area is 104 Å². The van der Waals surface area contributed by atoms with E-state index in [4.69, 9.17) is 0 Å². The lowest BCUT2D eigenvalue weighted by molar-refractivity contribution is -0.385. The first-order valence-electron chi connectivity index (χ1n) is 5.74. The van der Waals surface area contributed by atoms with Crippen LogP contribution in [0.2, 0.25) is 0 Å². The average Bonchev–Trinajstić information content (AvgIpc) is 2.38. The Morgan fingerprint density at radius 2 is 1.61 bits per heavy atom. The van der Waals surface area contributed by atoms with Crippen molar-refractivity contribution in [1.29, 1.82) is 0 Å². The second-order valence-electron chi connectivity index (χ2n) is 4.35. The molecule has 0 saturated heterocycles. The van der Waals surface area contributed by atoms with Crippen LogP contribution < -0.4 is 0 Å². The van der Waals surface area contributed by atoms with Gasteiger partial charge in [0.25, 0.3) is 5.69 Å². The molecule has 3 nitrogen and oxygen atoms in total. The lowest BCUT2D eigenvalue weighted by atomic mass is 9.98. The molecule has 0 saturated carbocycles. The molecule has 0 aliphatic heterocycles. The first-order valence-corrected chi connectivity index (χ1v) is 5.74. The third kappa shape index (κ3) is 1.44. The van der Waals surface area contributed by atoms with Crippen LogP contribution in [-0.2, 0) is 0 Å². The zero-order chi connectivity index (χ0) is 12.7. The monoisotopic (exact) mass is 237 g/mol. The summed E-state index contributed by atoms with van der Waals surface area (Å²) in [6.07, 6.45) is 0. The van der Waals surface area contributed by atoms with Crippen molar-refractivity contribution in [3.8, 4) is 0 Å².